The van der Waals surface area contributed by atoms with Crippen LogP contribution in [0.15, 0.2) is 35.1 Å². The lowest BCUT2D eigenvalue weighted by molar-refractivity contribution is 0.0531. The van der Waals surface area contributed by atoms with Gasteiger partial charge in [0.05, 0.1) is 18.0 Å². The number of likely N-dealkylation sites (N-methyl/N-ethyl adjacent to an activating group) is 1. The molecule has 1 N–H and O–H groups in total. The van der Waals surface area contributed by atoms with Gasteiger partial charge in [0.2, 0.25) is 0 Å². The average molecular weight is 416 g/mol. The maximum atomic E-state index is 12.7. The van der Waals surface area contributed by atoms with Crippen LogP contribution in [0, 0.1) is 6.92 Å². The van der Waals surface area contributed by atoms with E-state index < -0.39 is 5.97 Å². The van der Waals surface area contributed by atoms with Crippen molar-refractivity contribution in [3.63, 3.8) is 0 Å². The molecule has 7 nitrogen and oxygen atoms in total. The molecule has 1 atom stereocenters. The van der Waals surface area contributed by atoms with E-state index in [1.807, 2.05) is 44.3 Å². The molecule has 0 saturated carbocycles. The number of benzene rings is 1. The quantitative estimate of drug-likeness (QED) is 0.567. The van der Waals surface area contributed by atoms with Crippen molar-refractivity contribution in [3.05, 3.63) is 57.0 Å². The number of H-pyrrole nitrogens is 1. The minimum absolute atomic E-state index is 0.125. The lowest BCUT2D eigenvalue weighted by atomic mass is 10.2. The number of aryl methyl sites for hydroxylation is 1. The van der Waals surface area contributed by atoms with Gasteiger partial charge in [0, 0.05) is 6.54 Å². The summed E-state index contributed by atoms with van der Waals surface area (Å²) in [6, 6.07) is 9.50. The fraction of sp³-hybridized carbons (Fsp3) is 0.381. The molecule has 0 aliphatic carbocycles. The number of fused-ring (bicyclic) bond motifs is 1. The van der Waals surface area contributed by atoms with Gasteiger partial charge in [0.15, 0.2) is 0 Å². The Kier molecular flexibility index (Phi) is 6.66. The summed E-state index contributed by atoms with van der Waals surface area (Å²) >= 11 is 1.20. The Labute approximate surface area is 173 Å². The van der Waals surface area contributed by atoms with Crippen molar-refractivity contribution in [1.82, 2.24) is 14.9 Å². The van der Waals surface area contributed by atoms with Crippen LogP contribution < -0.4 is 10.3 Å². The van der Waals surface area contributed by atoms with Crippen molar-refractivity contribution >= 4 is 27.5 Å². The zero-order chi connectivity index (χ0) is 21.0. The smallest absolute Gasteiger partial charge is 0.348 e. The summed E-state index contributed by atoms with van der Waals surface area (Å²) in [6.45, 7) is 6.94. The second kappa shape index (κ2) is 9.19. The first kappa shape index (κ1) is 21.0. The van der Waals surface area contributed by atoms with E-state index in [1.54, 1.807) is 13.8 Å². The molecule has 0 spiro atoms. The van der Waals surface area contributed by atoms with Gasteiger partial charge in [0.1, 0.15) is 27.9 Å². The third kappa shape index (κ3) is 4.65. The number of carbonyl (C=O) groups is 1. The van der Waals surface area contributed by atoms with Crippen molar-refractivity contribution < 1.29 is 14.3 Å². The molecule has 2 aromatic heterocycles. The van der Waals surface area contributed by atoms with Crippen LogP contribution in [0.1, 0.15) is 40.9 Å². The van der Waals surface area contributed by atoms with Crippen LogP contribution in [-0.2, 0) is 4.74 Å². The zero-order valence-corrected chi connectivity index (χ0v) is 17.8. The predicted octanol–water partition coefficient (Wildman–Crippen LogP) is 3.54. The fourth-order valence-corrected chi connectivity index (χ4v) is 4.06. The molecule has 0 saturated heterocycles. The van der Waals surface area contributed by atoms with Crippen LogP contribution in [0.25, 0.3) is 10.2 Å². The number of esters is 1. The zero-order valence-electron chi connectivity index (χ0n) is 17.0. The van der Waals surface area contributed by atoms with Crippen molar-refractivity contribution in [2.75, 3.05) is 26.8 Å². The number of para-hydroxylation sites is 1. The molecule has 0 radical (unpaired) electrons. The fourth-order valence-electron chi connectivity index (χ4n) is 2.98. The highest BCUT2D eigenvalue weighted by atomic mass is 32.1. The van der Waals surface area contributed by atoms with Crippen molar-refractivity contribution in [2.45, 2.75) is 26.8 Å². The molecular formula is C21H25N3O4S. The highest BCUT2D eigenvalue weighted by Crippen LogP contribution is 2.28. The first-order valence-electron chi connectivity index (χ1n) is 9.50. The van der Waals surface area contributed by atoms with Crippen LogP contribution in [0.3, 0.4) is 0 Å². The van der Waals surface area contributed by atoms with Gasteiger partial charge in [-0.3, -0.25) is 9.69 Å². The van der Waals surface area contributed by atoms with Crippen LogP contribution >= 0.6 is 11.3 Å². The Balaban J connectivity index is 1.76. The Morgan fingerprint density at radius 3 is 2.72 bits per heavy atom. The Hall–Kier alpha value is -2.71. The number of hydrogen-bond acceptors (Lipinski definition) is 7. The summed E-state index contributed by atoms with van der Waals surface area (Å²) in [5.74, 6) is 0.959. The van der Waals surface area contributed by atoms with Crippen molar-refractivity contribution in [1.29, 1.82) is 0 Å². The third-order valence-corrected chi connectivity index (χ3v) is 5.96. The Morgan fingerprint density at radius 1 is 1.31 bits per heavy atom. The molecule has 3 rings (SSSR count). The second-order valence-corrected chi connectivity index (χ2v) is 7.73. The molecule has 0 bridgehead atoms. The van der Waals surface area contributed by atoms with E-state index in [0.29, 0.717) is 39.6 Å². The predicted molar refractivity (Wildman–Crippen MR) is 114 cm³/mol. The van der Waals surface area contributed by atoms with Gasteiger partial charge >= 0.3 is 5.97 Å². The molecule has 1 aromatic carbocycles. The number of nitrogens with one attached hydrogen (secondary N) is 1. The van der Waals surface area contributed by atoms with Crippen LogP contribution in [0.4, 0.5) is 0 Å². The summed E-state index contributed by atoms with van der Waals surface area (Å²) in [5.41, 5.74) is 0.371. The molecular weight excluding hydrogens is 390 g/mol. The van der Waals surface area contributed by atoms with Crippen LogP contribution in [0.5, 0.6) is 5.75 Å². The molecule has 0 fully saturated rings. The van der Waals surface area contributed by atoms with E-state index in [4.69, 9.17) is 9.47 Å². The standard InChI is InChI=1S/C21H25N3O4S/c1-5-27-21(26)17-13(2)16-19(25)22-18(23-20(16)29-17)14(3)24(4)11-12-28-15-9-7-6-8-10-15/h6-10,14H,5,11-12H2,1-4H3,(H,22,23,25)/t14-/m0/s1. The number of ether oxygens (including phenoxy) is 2. The highest BCUT2D eigenvalue weighted by molar-refractivity contribution is 7.20. The molecule has 0 amide bonds. The molecule has 0 aliphatic rings. The number of hydrogen-bond donors (Lipinski definition) is 1. The molecule has 154 valence electrons. The van der Waals surface area contributed by atoms with E-state index in [1.165, 1.54) is 11.3 Å². The minimum Gasteiger partial charge on any atom is -0.492 e. The molecule has 0 aliphatic heterocycles. The summed E-state index contributed by atoms with van der Waals surface area (Å²) in [5, 5.41) is 0.448. The molecule has 8 heteroatoms. The molecule has 29 heavy (non-hydrogen) atoms. The van der Waals surface area contributed by atoms with Gasteiger partial charge in [-0.2, -0.15) is 0 Å². The van der Waals surface area contributed by atoms with Crippen molar-refractivity contribution in [3.8, 4) is 5.75 Å². The summed E-state index contributed by atoms with van der Waals surface area (Å²) < 4.78 is 10.8. The number of thiophene rings is 1. The number of rotatable bonds is 8. The number of carbonyl (C=O) groups excluding carboxylic acids is 1. The van der Waals surface area contributed by atoms with Crippen LogP contribution in [0.2, 0.25) is 0 Å². The van der Waals surface area contributed by atoms with Gasteiger partial charge in [-0.05, 0) is 45.5 Å². The number of aromatic amines is 1. The molecule has 3 aromatic rings. The first-order valence-corrected chi connectivity index (χ1v) is 10.3. The Morgan fingerprint density at radius 2 is 2.03 bits per heavy atom. The summed E-state index contributed by atoms with van der Waals surface area (Å²) in [6.07, 6.45) is 0. The highest BCUT2D eigenvalue weighted by Gasteiger charge is 2.22. The maximum absolute atomic E-state index is 12.7. The summed E-state index contributed by atoms with van der Waals surface area (Å²) in [4.78, 5) is 35.3. The Bertz CT molecular complexity index is 1050. The van der Waals surface area contributed by atoms with Gasteiger partial charge in [-0.1, -0.05) is 18.2 Å². The SMILES string of the molecule is CCOC(=O)c1sc2nc([C@H](C)N(C)CCOc3ccccc3)[nH]c(=O)c2c1C. The number of nitrogens with zero attached hydrogens (tertiary/aromatic N) is 2. The topological polar surface area (TPSA) is 84.5 Å². The monoisotopic (exact) mass is 415 g/mol. The average Bonchev–Trinajstić information content (AvgIpc) is 3.05. The lowest BCUT2D eigenvalue weighted by Gasteiger charge is -2.23. The summed E-state index contributed by atoms with van der Waals surface area (Å²) in [7, 11) is 1.95. The first-order chi connectivity index (χ1) is 13.9. The van der Waals surface area contributed by atoms with Gasteiger partial charge in [0.25, 0.3) is 5.56 Å². The van der Waals surface area contributed by atoms with E-state index in [-0.39, 0.29) is 18.2 Å². The largest absolute Gasteiger partial charge is 0.492 e. The normalized spacial score (nSPS) is 12.3. The third-order valence-electron chi connectivity index (χ3n) is 4.79. The minimum atomic E-state index is -0.419. The van der Waals surface area contributed by atoms with E-state index in [2.05, 4.69) is 14.9 Å². The van der Waals surface area contributed by atoms with Crippen molar-refractivity contribution in [2.24, 2.45) is 0 Å². The van der Waals surface area contributed by atoms with E-state index in [0.717, 1.165) is 5.75 Å². The van der Waals surface area contributed by atoms with Gasteiger partial charge < -0.3 is 14.5 Å². The second-order valence-electron chi connectivity index (χ2n) is 6.73. The van der Waals surface area contributed by atoms with E-state index in [9.17, 15) is 9.59 Å². The molecule has 0 unspecified atom stereocenters. The van der Waals surface area contributed by atoms with Crippen LogP contribution in [-0.4, -0.2) is 47.6 Å². The van der Waals surface area contributed by atoms with Gasteiger partial charge in [-0.25, -0.2) is 9.78 Å². The number of aromatic nitrogens is 2. The lowest BCUT2D eigenvalue weighted by Crippen LogP contribution is -2.29. The maximum Gasteiger partial charge on any atom is 0.348 e. The van der Waals surface area contributed by atoms with Gasteiger partial charge in [-0.15, -0.1) is 11.3 Å². The van der Waals surface area contributed by atoms with E-state index >= 15 is 0 Å². The molecule has 2 heterocycles.